The Bertz CT molecular complexity index is 1060. The third-order valence-electron chi connectivity index (χ3n) is 7.02. The summed E-state index contributed by atoms with van der Waals surface area (Å²) in [5, 5.41) is 0. The summed E-state index contributed by atoms with van der Waals surface area (Å²) < 4.78 is 4.17. The molecule has 162 valence electrons. The first-order chi connectivity index (χ1) is 14.6. The molecule has 0 saturated heterocycles. The van der Waals surface area contributed by atoms with Crippen LogP contribution in [0.2, 0.25) is 0 Å². The van der Waals surface area contributed by atoms with Crippen molar-refractivity contribution in [3.8, 4) is 11.1 Å². The molecule has 0 spiro atoms. The molecule has 2 aromatic carbocycles. The molecule has 0 aromatic heterocycles. The summed E-state index contributed by atoms with van der Waals surface area (Å²) >= 11 is -2.17. The van der Waals surface area contributed by atoms with Gasteiger partial charge in [0.1, 0.15) is 0 Å². The molecule has 1 heteroatoms. The zero-order valence-corrected chi connectivity index (χ0v) is 23.1. The number of aryl methyl sites for hydroxylation is 2. The molecule has 2 aromatic rings. The van der Waals surface area contributed by atoms with E-state index in [1.807, 2.05) is 3.28 Å². The second-order valence-corrected chi connectivity index (χ2v) is 18.2. The molecule has 1 unspecified atom stereocenters. The van der Waals surface area contributed by atoms with E-state index >= 15 is 0 Å². The molecule has 1 atom stereocenters. The summed E-state index contributed by atoms with van der Waals surface area (Å²) in [5.41, 5.74) is 10.8. The molecular formula is C30H38Zr. The van der Waals surface area contributed by atoms with Crippen molar-refractivity contribution < 1.29 is 21.3 Å². The van der Waals surface area contributed by atoms with E-state index in [0.717, 1.165) is 0 Å². The van der Waals surface area contributed by atoms with Crippen molar-refractivity contribution >= 4 is 3.21 Å². The molecule has 0 aliphatic heterocycles. The molecule has 0 bridgehead atoms. The van der Waals surface area contributed by atoms with Crippen LogP contribution >= 0.6 is 0 Å². The SMILES string of the molecule is CCCC1C=C(C(C)(C)C)C=[C]1[Zr](=[C](C)C)[CH]1c2cc(C)ccc2-c2ccc(C)cc21. The van der Waals surface area contributed by atoms with E-state index in [2.05, 4.69) is 104 Å². The minimum atomic E-state index is -2.17. The maximum absolute atomic E-state index is 2.66. The van der Waals surface area contributed by atoms with Crippen molar-refractivity contribution in [2.75, 3.05) is 0 Å². The van der Waals surface area contributed by atoms with E-state index in [9.17, 15) is 0 Å². The van der Waals surface area contributed by atoms with E-state index in [-0.39, 0.29) is 5.41 Å². The van der Waals surface area contributed by atoms with Gasteiger partial charge in [0, 0.05) is 0 Å². The first kappa shape index (κ1) is 22.9. The van der Waals surface area contributed by atoms with Crippen molar-refractivity contribution in [3.63, 3.8) is 0 Å². The van der Waals surface area contributed by atoms with Crippen LogP contribution in [-0.2, 0) is 21.3 Å². The Hall–Kier alpha value is -1.33. The van der Waals surface area contributed by atoms with Gasteiger partial charge in [-0.2, -0.15) is 0 Å². The molecule has 2 aliphatic carbocycles. The third-order valence-corrected chi connectivity index (χ3v) is 15.4. The molecular weight excluding hydrogens is 452 g/mol. The zero-order valence-electron chi connectivity index (χ0n) is 20.7. The molecule has 4 rings (SSSR count). The van der Waals surface area contributed by atoms with Gasteiger partial charge in [-0.3, -0.25) is 0 Å². The van der Waals surface area contributed by atoms with Gasteiger partial charge in [0.2, 0.25) is 0 Å². The van der Waals surface area contributed by atoms with E-state index < -0.39 is 21.3 Å². The average Bonchev–Trinajstić information content (AvgIpc) is 3.22. The Morgan fingerprint density at radius 1 is 0.903 bits per heavy atom. The van der Waals surface area contributed by atoms with Crippen LogP contribution in [0.15, 0.2) is 57.4 Å². The molecule has 0 amide bonds. The first-order valence-electron chi connectivity index (χ1n) is 11.9. The summed E-state index contributed by atoms with van der Waals surface area (Å²) in [5.74, 6) is 0.644. The van der Waals surface area contributed by atoms with E-state index in [1.165, 1.54) is 35.1 Å². The predicted octanol–water partition coefficient (Wildman–Crippen LogP) is 8.49. The predicted molar refractivity (Wildman–Crippen MR) is 134 cm³/mol. The molecule has 31 heavy (non-hydrogen) atoms. The zero-order chi connectivity index (χ0) is 22.5. The van der Waals surface area contributed by atoms with Gasteiger partial charge in [-0.15, -0.1) is 0 Å². The van der Waals surface area contributed by atoms with Crippen LogP contribution in [0.25, 0.3) is 11.1 Å². The van der Waals surface area contributed by atoms with E-state index in [1.54, 1.807) is 19.9 Å². The fourth-order valence-corrected chi connectivity index (χ4v) is 14.1. The maximum atomic E-state index is 2.66. The number of allylic oxidation sites excluding steroid dienone is 4. The van der Waals surface area contributed by atoms with Gasteiger partial charge in [-0.05, 0) is 0 Å². The van der Waals surface area contributed by atoms with Crippen LogP contribution < -0.4 is 0 Å². The number of hydrogen-bond donors (Lipinski definition) is 0. The van der Waals surface area contributed by atoms with Crippen LogP contribution in [0, 0.1) is 25.2 Å². The van der Waals surface area contributed by atoms with Crippen molar-refractivity contribution in [3.05, 3.63) is 79.7 Å². The van der Waals surface area contributed by atoms with Crippen LogP contribution in [0.4, 0.5) is 0 Å². The van der Waals surface area contributed by atoms with E-state index in [4.69, 9.17) is 0 Å². The van der Waals surface area contributed by atoms with Crippen LogP contribution in [0.1, 0.15) is 80.3 Å². The molecule has 2 aliphatic rings. The summed E-state index contributed by atoms with van der Waals surface area (Å²) in [6, 6.07) is 14.4. The van der Waals surface area contributed by atoms with Crippen LogP contribution in [-0.4, -0.2) is 3.21 Å². The van der Waals surface area contributed by atoms with Gasteiger partial charge < -0.3 is 0 Å². The first-order valence-corrected chi connectivity index (χ1v) is 15.8. The van der Waals surface area contributed by atoms with Crippen molar-refractivity contribution in [1.29, 1.82) is 0 Å². The summed E-state index contributed by atoms with van der Waals surface area (Å²) in [7, 11) is 0. The van der Waals surface area contributed by atoms with Gasteiger partial charge in [0.15, 0.2) is 0 Å². The van der Waals surface area contributed by atoms with Crippen LogP contribution in [0.3, 0.4) is 0 Å². The fourth-order valence-electron chi connectivity index (χ4n) is 5.48. The standard InChI is InChI=1S/C15H13.C12H19.C3H6.Zr/c1-10-3-5-14-12(7-10)9-13-8-11(2)4-6-15(13)14;1-5-6-10-7-8-11(9-10)12(2,3)4;1-3-2;/h3-9H,1-2H3;8-10H,5-6H2,1-4H3;1-2H3;. The monoisotopic (exact) mass is 488 g/mol. The van der Waals surface area contributed by atoms with Gasteiger partial charge in [0.05, 0.1) is 0 Å². The van der Waals surface area contributed by atoms with Gasteiger partial charge in [0.25, 0.3) is 0 Å². The molecule has 0 N–H and O–H groups in total. The Labute approximate surface area is 197 Å². The summed E-state index contributed by atoms with van der Waals surface area (Å²) in [6.45, 7) is 18.9. The number of fused-ring (bicyclic) bond motifs is 3. The number of rotatable bonds is 4. The minimum absolute atomic E-state index is 0.225. The molecule has 0 nitrogen and oxygen atoms in total. The topological polar surface area (TPSA) is 0 Å². The van der Waals surface area contributed by atoms with Crippen LogP contribution in [0.5, 0.6) is 0 Å². The summed E-state index contributed by atoms with van der Waals surface area (Å²) in [4.78, 5) is 0. The average molecular weight is 490 g/mol. The third kappa shape index (κ3) is 4.20. The summed E-state index contributed by atoms with van der Waals surface area (Å²) in [6.07, 6.45) is 7.83. The quantitative estimate of drug-likeness (QED) is 0.404. The second kappa shape index (κ2) is 8.55. The molecule has 0 fully saturated rings. The molecule has 0 saturated carbocycles. The normalized spacial score (nSPS) is 17.9. The molecule has 0 heterocycles. The van der Waals surface area contributed by atoms with E-state index in [0.29, 0.717) is 9.54 Å². The van der Waals surface area contributed by atoms with Gasteiger partial charge in [-0.25, -0.2) is 0 Å². The van der Waals surface area contributed by atoms with Crippen molar-refractivity contribution in [2.45, 2.75) is 71.9 Å². The number of benzene rings is 2. The Morgan fingerprint density at radius 3 is 1.90 bits per heavy atom. The van der Waals surface area contributed by atoms with Gasteiger partial charge >= 0.3 is 198 Å². The Balaban J connectivity index is 1.94. The van der Waals surface area contributed by atoms with Crippen molar-refractivity contribution in [1.82, 2.24) is 0 Å². The van der Waals surface area contributed by atoms with Crippen molar-refractivity contribution in [2.24, 2.45) is 11.3 Å². The van der Waals surface area contributed by atoms with Gasteiger partial charge in [-0.1, -0.05) is 0 Å². The Morgan fingerprint density at radius 2 is 1.45 bits per heavy atom. The fraction of sp³-hybridized carbons (Fsp3) is 0.433. The molecule has 0 radical (unpaired) electrons. The number of hydrogen-bond acceptors (Lipinski definition) is 0. The second-order valence-electron chi connectivity index (χ2n) is 10.9. The Kier molecular flexibility index (Phi) is 6.30.